The molecule has 2 heterocycles. The average molecular weight is 316 g/mol. The topological polar surface area (TPSA) is 68.1 Å². The maximum Gasteiger partial charge on any atom is 0.274 e. The van der Waals surface area contributed by atoms with Crippen LogP contribution in [-0.2, 0) is 7.05 Å². The van der Waals surface area contributed by atoms with Gasteiger partial charge in [-0.15, -0.1) is 5.10 Å². The molecule has 1 aromatic carbocycles. The van der Waals surface area contributed by atoms with Crippen LogP contribution in [0.25, 0.3) is 0 Å². The van der Waals surface area contributed by atoms with Crippen LogP contribution in [0.2, 0.25) is 0 Å². The summed E-state index contributed by atoms with van der Waals surface area (Å²) in [5, 5.41) is 7.49. The van der Waals surface area contributed by atoms with Crippen molar-refractivity contribution in [3.05, 3.63) is 47.5 Å². The Hall–Kier alpha value is -2.57. The Balaban J connectivity index is 1.72. The summed E-state index contributed by atoms with van der Waals surface area (Å²) >= 11 is 0. The van der Waals surface area contributed by atoms with Gasteiger partial charge in [-0.25, -0.2) is 9.07 Å². The van der Waals surface area contributed by atoms with Crippen molar-refractivity contribution < 1.29 is 14.0 Å². The molecule has 0 unspecified atom stereocenters. The molecule has 6 nitrogen and oxygen atoms in total. The quantitative estimate of drug-likeness (QED) is 0.807. The first-order valence-corrected chi connectivity index (χ1v) is 7.50. The van der Waals surface area contributed by atoms with E-state index in [0.29, 0.717) is 17.8 Å². The van der Waals surface area contributed by atoms with Gasteiger partial charge in [0.2, 0.25) is 0 Å². The van der Waals surface area contributed by atoms with Crippen LogP contribution < -0.4 is 0 Å². The van der Waals surface area contributed by atoms with E-state index < -0.39 is 0 Å². The Bertz CT molecular complexity index is 726. The van der Waals surface area contributed by atoms with Gasteiger partial charge in [-0.3, -0.25) is 9.59 Å². The number of Topliss-reactive ketones (excluding diaryl/α,β-unsaturated/α-hetero) is 1. The fourth-order valence-electron chi connectivity index (χ4n) is 2.91. The number of aryl methyl sites for hydroxylation is 1. The first kappa shape index (κ1) is 15.3. The highest BCUT2D eigenvalue weighted by molar-refractivity contribution is 5.97. The number of benzene rings is 1. The number of carbonyl (C=O) groups is 2. The van der Waals surface area contributed by atoms with Crippen LogP contribution in [0.5, 0.6) is 0 Å². The molecule has 1 atom stereocenters. The molecular weight excluding hydrogens is 299 g/mol. The van der Waals surface area contributed by atoms with E-state index in [-0.39, 0.29) is 30.0 Å². The normalized spacial score (nSPS) is 17.5. The van der Waals surface area contributed by atoms with E-state index in [4.69, 9.17) is 0 Å². The second-order valence-corrected chi connectivity index (χ2v) is 5.67. The van der Waals surface area contributed by atoms with Gasteiger partial charge in [-0.1, -0.05) is 5.21 Å². The minimum absolute atomic E-state index is 0.0853. The van der Waals surface area contributed by atoms with Crippen LogP contribution in [-0.4, -0.2) is 44.2 Å². The van der Waals surface area contributed by atoms with Gasteiger partial charge in [0.25, 0.3) is 5.91 Å². The van der Waals surface area contributed by atoms with Crippen molar-refractivity contribution in [2.75, 3.05) is 6.54 Å². The minimum Gasteiger partial charge on any atom is -0.334 e. The van der Waals surface area contributed by atoms with E-state index in [0.717, 1.165) is 12.8 Å². The molecule has 1 amide bonds. The van der Waals surface area contributed by atoms with E-state index >= 15 is 0 Å². The third-order valence-electron chi connectivity index (χ3n) is 4.16. The molecule has 1 fully saturated rings. The van der Waals surface area contributed by atoms with Gasteiger partial charge in [0.1, 0.15) is 11.5 Å². The van der Waals surface area contributed by atoms with Crippen molar-refractivity contribution >= 4 is 11.7 Å². The first-order chi connectivity index (χ1) is 11.1. The van der Waals surface area contributed by atoms with Crippen molar-refractivity contribution in [3.8, 4) is 0 Å². The molecule has 1 aromatic heterocycles. The smallest absolute Gasteiger partial charge is 0.274 e. The van der Waals surface area contributed by atoms with Gasteiger partial charge in [0, 0.05) is 31.6 Å². The Morgan fingerprint density at radius 2 is 2.04 bits per heavy atom. The lowest BCUT2D eigenvalue weighted by Crippen LogP contribution is -2.37. The van der Waals surface area contributed by atoms with Gasteiger partial charge in [0.15, 0.2) is 5.78 Å². The van der Waals surface area contributed by atoms with Gasteiger partial charge in [-0.05, 0) is 37.1 Å². The van der Waals surface area contributed by atoms with Crippen molar-refractivity contribution in [3.63, 3.8) is 0 Å². The Morgan fingerprint density at radius 3 is 2.70 bits per heavy atom. The number of ketones is 1. The number of amides is 1. The molecule has 3 rings (SSSR count). The third kappa shape index (κ3) is 3.13. The number of hydrogen-bond donors (Lipinski definition) is 0. The molecule has 23 heavy (non-hydrogen) atoms. The zero-order valence-corrected chi connectivity index (χ0v) is 12.8. The van der Waals surface area contributed by atoms with Crippen molar-refractivity contribution in [1.29, 1.82) is 0 Å². The van der Waals surface area contributed by atoms with E-state index in [1.54, 1.807) is 11.9 Å². The molecule has 1 aliphatic rings. The molecule has 1 saturated heterocycles. The number of aromatic nitrogens is 3. The summed E-state index contributed by atoms with van der Waals surface area (Å²) in [6.07, 6.45) is 3.31. The van der Waals surface area contributed by atoms with E-state index in [1.807, 2.05) is 0 Å². The Morgan fingerprint density at radius 1 is 1.30 bits per heavy atom. The molecular formula is C16H17FN4O2. The molecule has 120 valence electrons. The predicted molar refractivity (Wildman–Crippen MR) is 80.4 cm³/mol. The lowest BCUT2D eigenvalue weighted by Gasteiger charge is -2.24. The van der Waals surface area contributed by atoms with E-state index in [2.05, 4.69) is 10.3 Å². The summed E-state index contributed by atoms with van der Waals surface area (Å²) < 4.78 is 14.4. The van der Waals surface area contributed by atoms with Gasteiger partial charge < -0.3 is 4.90 Å². The van der Waals surface area contributed by atoms with Gasteiger partial charge >= 0.3 is 0 Å². The standard InChI is InChI=1S/C16H17FN4O2/c1-20-14(10-18-19-20)16(23)21-8-2-3-13(21)9-15(22)11-4-6-12(17)7-5-11/h4-7,10,13H,2-3,8-9H2,1H3/t13-/m1/s1. The van der Waals surface area contributed by atoms with Crippen LogP contribution in [0.4, 0.5) is 4.39 Å². The van der Waals surface area contributed by atoms with Crippen molar-refractivity contribution in [1.82, 2.24) is 19.9 Å². The van der Waals surface area contributed by atoms with Gasteiger partial charge in [-0.2, -0.15) is 0 Å². The molecule has 7 heteroatoms. The number of halogens is 1. The summed E-state index contributed by atoms with van der Waals surface area (Å²) in [4.78, 5) is 26.6. The zero-order valence-electron chi connectivity index (χ0n) is 12.8. The summed E-state index contributed by atoms with van der Waals surface area (Å²) in [6.45, 7) is 0.616. The monoisotopic (exact) mass is 316 g/mol. The van der Waals surface area contributed by atoms with Crippen LogP contribution >= 0.6 is 0 Å². The highest BCUT2D eigenvalue weighted by atomic mass is 19.1. The highest BCUT2D eigenvalue weighted by Crippen LogP contribution is 2.23. The van der Waals surface area contributed by atoms with Crippen LogP contribution in [0.3, 0.4) is 0 Å². The lowest BCUT2D eigenvalue weighted by molar-refractivity contribution is 0.0707. The number of likely N-dealkylation sites (tertiary alicyclic amines) is 1. The predicted octanol–water partition coefficient (Wildman–Crippen LogP) is 1.83. The molecule has 1 aliphatic heterocycles. The number of rotatable bonds is 4. The Labute approximate surface area is 132 Å². The molecule has 0 spiro atoms. The van der Waals surface area contributed by atoms with Crippen LogP contribution in [0.15, 0.2) is 30.5 Å². The summed E-state index contributed by atoms with van der Waals surface area (Å²) in [5.41, 5.74) is 0.874. The molecule has 0 bridgehead atoms. The van der Waals surface area contributed by atoms with E-state index in [9.17, 15) is 14.0 Å². The summed E-state index contributed by atoms with van der Waals surface area (Å²) in [5.74, 6) is -0.618. The fourth-order valence-corrected chi connectivity index (χ4v) is 2.91. The van der Waals surface area contributed by atoms with Crippen LogP contribution in [0, 0.1) is 5.82 Å². The number of hydrogen-bond acceptors (Lipinski definition) is 4. The second-order valence-electron chi connectivity index (χ2n) is 5.67. The van der Waals surface area contributed by atoms with Gasteiger partial charge in [0.05, 0.1) is 6.20 Å². The molecule has 2 aromatic rings. The Kier molecular flexibility index (Phi) is 4.18. The molecule has 0 N–H and O–H groups in total. The maximum absolute atomic E-state index is 12.9. The molecule has 0 aliphatic carbocycles. The number of nitrogens with zero attached hydrogens (tertiary/aromatic N) is 4. The minimum atomic E-state index is -0.372. The summed E-state index contributed by atoms with van der Waals surface area (Å²) in [6, 6.07) is 5.35. The second kappa shape index (κ2) is 6.28. The lowest BCUT2D eigenvalue weighted by atomic mass is 10.0. The first-order valence-electron chi connectivity index (χ1n) is 7.50. The van der Waals surface area contributed by atoms with Crippen LogP contribution in [0.1, 0.15) is 40.1 Å². The molecule has 0 saturated carbocycles. The molecule has 0 radical (unpaired) electrons. The fraction of sp³-hybridized carbons (Fsp3) is 0.375. The SMILES string of the molecule is Cn1nncc1C(=O)N1CCC[C@@H]1CC(=O)c1ccc(F)cc1. The van der Waals surface area contributed by atoms with E-state index in [1.165, 1.54) is 35.1 Å². The zero-order chi connectivity index (χ0) is 16.4. The van der Waals surface area contributed by atoms with Crippen molar-refractivity contribution in [2.45, 2.75) is 25.3 Å². The third-order valence-corrected chi connectivity index (χ3v) is 4.16. The largest absolute Gasteiger partial charge is 0.334 e. The highest BCUT2D eigenvalue weighted by Gasteiger charge is 2.32. The maximum atomic E-state index is 12.9. The van der Waals surface area contributed by atoms with Crippen molar-refractivity contribution in [2.24, 2.45) is 7.05 Å². The summed E-state index contributed by atoms with van der Waals surface area (Å²) in [7, 11) is 1.66. The average Bonchev–Trinajstić information content (AvgIpc) is 3.16. The number of carbonyl (C=O) groups excluding carboxylic acids is 2.